The van der Waals surface area contributed by atoms with Gasteiger partial charge in [0.15, 0.2) is 11.1 Å². The zero-order chi connectivity index (χ0) is 10.3. The Kier molecular flexibility index (Phi) is 6.74. The fourth-order valence-electron chi connectivity index (χ4n) is 0.968. The highest BCUT2D eigenvalue weighted by atomic mass is 32.2. The summed E-state index contributed by atoms with van der Waals surface area (Å²) < 4.78 is 34.3. The van der Waals surface area contributed by atoms with Crippen LogP contribution in [0, 0.1) is 0 Å². The third-order valence-corrected chi connectivity index (χ3v) is 5.20. The van der Waals surface area contributed by atoms with Gasteiger partial charge in [0.05, 0.1) is 0 Å². The van der Waals surface area contributed by atoms with E-state index in [2.05, 4.69) is 0 Å². The molecule has 0 saturated carbocycles. The Morgan fingerprint density at radius 1 is 1.23 bits per heavy atom. The molecule has 80 valence electrons. The second-order valence-corrected chi connectivity index (χ2v) is 6.57. The van der Waals surface area contributed by atoms with Crippen LogP contribution in [0.2, 0.25) is 6.04 Å². The van der Waals surface area contributed by atoms with Crippen molar-refractivity contribution in [2.24, 2.45) is 0 Å². The summed E-state index contributed by atoms with van der Waals surface area (Å²) in [6.45, 7) is 0. The smallest absolute Gasteiger partial charge is 0.377 e. The van der Waals surface area contributed by atoms with Crippen molar-refractivity contribution in [3.05, 3.63) is 0 Å². The lowest BCUT2D eigenvalue weighted by atomic mass is 10.6. The van der Waals surface area contributed by atoms with Crippen LogP contribution in [0.3, 0.4) is 0 Å². The minimum absolute atomic E-state index is 0.227. The molecule has 0 aromatic carbocycles. The molecule has 0 aromatic rings. The first-order valence-corrected chi connectivity index (χ1v) is 7.04. The van der Waals surface area contributed by atoms with Gasteiger partial charge in [-0.05, 0) is 6.42 Å². The van der Waals surface area contributed by atoms with E-state index < -0.39 is 19.9 Å². The molecule has 5 nitrogen and oxygen atoms in total. The van der Waals surface area contributed by atoms with Gasteiger partial charge < -0.3 is 17.8 Å². The summed E-state index contributed by atoms with van der Waals surface area (Å²) in [6.07, 6.45) is 0.560. The molecule has 0 aliphatic heterocycles. The van der Waals surface area contributed by atoms with E-state index in [1.54, 1.807) is 0 Å². The van der Waals surface area contributed by atoms with E-state index in [0.29, 0.717) is 12.5 Å². The van der Waals surface area contributed by atoms with Crippen LogP contribution in [0.15, 0.2) is 0 Å². The van der Waals surface area contributed by atoms with E-state index >= 15 is 0 Å². The maximum absolute atomic E-state index is 10.4. The van der Waals surface area contributed by atoms with Gasteiger partial charge in [-0.2, -0.15) is 0 Å². The maximum Gasteiger partial charge on any atom is 0.500 e. The molecule has 0 heterocycles. The molecule has 0 spiro atoms. The molecule has 7 heteroatoms. The second kappa shape index (κ2) is 6.63. The van der Waals surface area contributed by atoms with Crippen LogP contribution in [0.4, 0.5) is 0 Å². The fraction of sp³-hybridized carbons (Fsp3) is 1.00. The molecule has 0 bridgehead atoms. The Hall–Kier alpha value is 0.207. The topological polar surface area (TPSA) is 65.0 Å². The Morgan fingerprint density at radius 3 is 2.00 bits per heavy atom. The number of hydrogen-bond acceptors (Lipinski definition) is 4. The molecule has 0 aliphatic rings. The van der Waals surface area contributed by atoms with Crippen molar-refractivity contribution in [2.75, 3.05) is 27.1 Å². The Labute approximate surface area is 82.0 Å². The lowest BCUT2D eigenvalue weighted by molar-refractivity contribution is 0.123. The van der Waals surface area contributed by atoms with Crippen molar-refractivity contribution in [3.8, 4) is 0 Å². The number of hydrogen-bond donors (Lipinski definition) is 1. The van der Waals surface area contributed by atoms with Gasteiger partial charge in [0.1, 0.15) is 0 Å². The molecule has 0 rings (SSSR count). The molecule has 13 heavy (non-hydrogen) atoms. The van der Waals surface area contributed by atoms with Crippen molar-refractivity contribution in [3.63, 3.8) is 0 Å². The van der Waals surface area contributed by atoms with Gasteiger partial charge in [0.25, 0.3) is 0 Å². The monoisotopic (exact) mass is 228 g/mol. The predicted octanol–water partition coefficient (Wildman–Crippen LogP) is 0.476. The highest BCUT2D eigenvalue weighted by Gasteiger charge is 2.36. The summed E-state index contributed by atoms with van der Waals surface area (Å²) in [5.41, 5.74) is 0. The molecule has 0 aliphatic carbocycles. The maximum atomic E-state index is 10.4. The van der Waals surface area contributed by atoms with Crippen LogP contribution in [0.1, 0.15) is 6.42 Å². The van der Waals surface area contributed by atoms with E-state index in [1.807, 2.05) is 0 Å². The van der Waals surface area contributed by atoms with Crippen molar-refractivity contribution < 1.29 is 22.0 Å². The molecule has 0 amide bonds. The Bertz CT molecular complexity index is 153. The molecule has 0 radical (unpaired) electrons. The zero-order valence-electron chi connectivity index (χ0n) is 8.11. The van der Waals surface area contributed by atoms with Gasteiger partial charge in [0, 0.05) is 33.1 Å². The van der Waals surface area contributed by atoms with Gasteiger partial charge in [0.2, 0.25) is 0 Å². The SMILES string of the molecule is CO[Si](CCCS(=O)O)(OC)OC. The van der Waals surface area contributed by atoms with Crippen LogP contribution in [-0.2, 0) is 24.4 Å². The van der Waals surface area contributed by atoms with E-state index in [9.17, 15) is 4.21 Å². The lowest BCUT2D eigenvalue weighted by Gasteiger charge is -2.23. The normalized spacial score (nSPS) is 14.5. The van der Waals surface area contributed by atoms with E-state index in [4.69, 9.17) is 17.8 Å². The minimum atomic E-state index is -2.53. The molecule has 0 saturated heterocycles. The van der Waals surface area contributed by atoms with Gasteiger partial charge in [-0.15, -0.1) is 0 Å². The molecule has 1 N–H and O–H groups in total. The summed E-state index contributed by atoms with van der Waals surface area (Å²) in [5, 5.41) is 0. The fourth-order valence-corrected chi connectivity index (χ4v) is 3.34. The summed E-state index contributed by atoms with van der Waals surface area (Å²) in [5.74, 6) is 0.227. The summed E-state index contributed by atoms with van der Waals surface area (Å²) >= 11 is -1.75. The van der Waals surface area contributed by atoms with Crippen LogP contribution in [0.5, 0.6) is 0 Å². The first kappa shape index (κ1) is 13.2. The minimum Gasteiger partial charge on any atom is -0.377 e. The highest BCUT2D eigenvalue weighted by Crippen LogP contribution is 2.14. The molecule has 1 unspecified atom stereocenters. The lowest BCUT2D eigenvalue weighted by Crippen LogP contribution is -2.42. The Balaban J connectivity index is 3.88. The van der Waals surface area contributed by atoms with Gasteiger partial charge >= 0.3 is 8.80 Å². The molecule has 1 atom stereocenters. The van der Waals surface area contributed by atoms with Gasteiger partial charge in [-0.25, -0.2) is 4.21 Å². The average molecular weight is 228 g/mol. The molecule has 0 aromatic heterocycles. The second-order valence-electron chi connectivity index (χ2n) is 2.42. The average Bonchev–Trinajstić information content (AvgIpc) is 2.13. The van der Waals surface area contributed by atoms with Crippen LogP contribution >= 0.6 is 0 Å². The van der Waals surface area contributed by atoms with Gasteiger partial charge in [-0.1, -0.05) is 0 Å². The molecule has 0 fully saturated rings. The van der Waals surface area contributed by atoms with E-state index in [-0.39, 0.29) is 5.75 Å². The van der Waals surface area contributed by atoms with Crippen LogP contribution < -0.4 is 0 Å². The first-order valence-electron chi connectivity index (χ1n) is 3.83. The van der Waals surface area contributed by atoms with Crippen molar-refractivity contribution in [1.82, 2.24) is 0 Å². The van der Waals surface area contributed by atoms with Gasteiger partial charge in [-0.3, -0.25) is 0 Å². The number of rotatable bonds is 7. The summed E-state index contributed by atoms with van der Waals surface area (Å²) in [4.78, 5) is 0. The van der Waals surface area contributed by atoms with E-state index in [1.165, 1.54) is 21.3 Å². The molecular weight excluding hydrogens is 212 g/mol. The van der Waals surface area contributed by atoms with Crippen molar-refractivity contribution in [2.45, 2.75) is 12.5 Å². The highest BCUT2D eigenvalue weighted by molar-refractivity contribution is 7.79. The van der Waals surface area contributed by atoms with Crippen LogP contribution in [0.25, 0.3) is 0 Å². The summed E-state index contributed by atoms with van der Waals surface area (Å²) in [7, 11) is 2.04. The first-order chi connectivity index (χ1) is 6.10. The van der Waals surface area contributed by atoms with Crippen molar-refractivity contribution >= 4 is 19.9 Å². The molecular formula is C6H16O5SSi. The zero-order valence-corrected chi connectivity index (χ0v) is 9.93. The third-order valence-electron chi connectivity index (χ3n) is 1.73. The predicted molar refractivity (Wildman–Crippen MR) is 51.8 cm³/mol. The summed E-state index contributed by atoms with van der Waals surface area (Å²) in [6, 6.07) is 0.558. The Morgan fingerprint density at radius 2 is 1.69 bits per heavy atom. The van der Waals surface area contributed by atoms with Crippen molar-refractivity contribution in [1.29, 1.82) is 0 Å². The van der Waals surface area contributed by atoms with E-state index in [0.717, 1.165) is 0 Å². The largest absolute Gasteiger partial charge is 0.500 e. The van der Waals surface area contributed by atoms with Crippen LogP contribution in [-0.4, -0.2) is 44.6 Å². The standard InChI is InChI=1S/C6H16O5SSi/c1-9-13(10-2,11-3)6-4-5-12(7)8/h4-6H2,1-3H3,(H,7,8). The third kappa shape index (κ3) is 4.84. The quantitative estimate of drug-likeness (QED) is 0.507.